The zero-order chi connectivity index (χ0) is 22.9. The monoisotopic (exact) mass is 448 g/mol. The van der Waals surface area contributed by atoms with E-state index in [2.05, 4.69) is 5.32 Å². The topological polar surface area (TPSA) is 99.3 Å². The van der Waals surface area contributed by atoms with Crippen LogP contribution in [0.5, 0.6) is 0 Å². The first kappa shape index (κ1) is 23.0. The Morgan fingerprint density at radius 3 is 2.31 bits per heavy atom. The number of nitrogens with one attached hydrogen (secondary N) is 1. The summed E-state index contributed by atoms with van der Waals surface area (Å²) < 4.78 is 5.69. The molecule has 9 nitrogen and oxygen atoms in total. The third-order valence-corrected chi connectivity index (χ3v) is 7.47. The first-order valence-electron chi connectivity index (χ1n) is 12.1. The lowest BCUT2D eigenvalue weighted by molar-refractivity contribution is -0.142. The molecule has 4 aliphatic heterocycles. The molecule has 0 radical (unpaired) electrons. The van der Waals surface area contributed by atoms with Gasteiger partial charge in [-0.25, -0.2) is 4.79 Å². The van der Waals surface area contributed by atoms with Crippen molar-refractivity contribution in [3.8, 4) is 0 Å². The molecule has 0 unspecified atom stereocenters. The fourth-order valence-electron chi connectivity index (χ4n) is 5.45. The molecule has 0 saturated carbocycles. The van der Waals surface area contributed by atoms with Crippen LogP contribution in [0.1, 0.15) is 65.2 Å². The normalized spacial score (nSPS) is 26.7. The summed E-state index contributed by atoms with van der Waals surface area (Å²) in [6.07, 6.45) is 5.65. The van der Waals surface area contributed by atoms with Crippen LogP contribution in [0.4, 0.5) is 4.79 Å². The molecule has 1 N–H and O–H groups in total. The number of carbonyl (C=O) groups excluding carboxylic acids is 4. The fourth-order valence-corrected chi connectivity index (χ4v) is 5.45. The Morgan fingerprint density at radius 2 is 1.72 bits per heavy atom. The van der Waals surface area contributed by atoms with Gasteiger partial charge in [0.1, 0.15) is 5.54 Å². The number of likely N-dealkylation sites (tertiary alicyclic amines) is 2. The summed E-state index contributed by atoms with van der Waals surface area (Å²) in [7, 11) is 0. The van der Waals surface area contributed by atoms with Gasteiger partial charge in [-0.05, 0) is 44.9 Å². The summed E-state index contributed by atoms with van der Waals surface area (Å²) >= 11 is 0. The summed E-state index contributed by atoms with van der Waals surface area (Å²) in [5.74, 6) is -0.0538. The van der Waals surface area contributed by atoms with Crippen LogP contribution in [0.3, 0.4) is 0 Å². The average molecular weight is 449 g/mol. The van der Waals surface area contributed by atoms with E-state index in [1.807, 2.05) is 18.7 Å². The molecule has 0 aromatic heterocycles. The molecule has 178 valence electrons. The van der Waals surface area contributed by atoms with Crippen molar-refractivity contribution in [2.24, 2.45) is 5.92 Å². The van der Waals surface area contributed by atoms with E-state index in [0.29, 0.717) is 58.3 Å². The van der Waals surface area contributed by atoms with Crippen molar-refractivity contribution in [3.05, 3.63) is 0 Å². The number of hydrogen-bond acceptors (Lipinski definition) is 5. The Bertz CT molecular complexity index is 747. The van der Waals surface area contributed by atoms with Crippen molar-refractivity contribution in [1.82, 2.24) is 20.0 Å². The van der Waals surface area contributed by atoms with E-state index in [1.54, 1.807) is 4.90 Å². The van der Waals surface area contributed by atoms with Crippen LogP contribution in [-0.4, -0.2) is 88.9 Å². The molecule has 0 aliphatic carbocycles. The molecule has 0 aromatic rings. The highest BCUT2D eigenvalue weighted by Gasteiger charge is 2.54. The van der Waals surface area contributed by atoms with Gasteiger partial charge in [-0.2, -0.15) is 0 Å². The van der Waals surface area contributed by atoms with Gasteiger partial charge in [0.15, 0.2) is 0 Å². The molecule has 4 aliphatic rings. The predicted octanol–water partition coefficient (Wildman–Crippen LogP) is 1.51. The molecular weight excluding hydrogens is 412 g/mol. The maximum atomic E-state index is 13.3. The molecule has 1 spiro atoms. The zero-order valence-corrected chi connectivity index (χ0v) is 19.3. The van der Waals surface area contributed by atoms with E-state index in [9.17, 15) is 19.2 Å². The molecule has 4 saturated heterocycles. The van der Waals surface area contributed by atoms with E-state index in [4.69, 9.17) is 4.74 Å². The SMILES string of the molecule is CC(C)C(=O)N1CCC2(CC1)NC(=O)N(C1CCN(C(=O)C[C@@H]3CCCCO3)CC1)C2=O. The number of hydrogen-bond donors (Lipinski definition) is 1. The molecule has 1 atom stereocenters. The van der Waals surface area contributed by atoms with Gasteiger partial charge >= 0.3 is 6.03 Å². The van der Waals surface area contributed by atoms with Crippen molar-refractivity contribution >= 4 is 23.8 Å². The van der Waals surface area contributed by atoms with Crippen molar-refractivity contribution in [3.63, 3.8) is 0 Å². The van der Waals surface area contributed by atoms with Crippen molar-refractivity contribution in [2.45, 2.75) is 82.9 Å². The molecular formula is C23H36N4O5. The highest BCUT2D eigenvalue weighted by molar-refractivity contribution is 6.07. The van der Waals surface area contributed by atoms with E-state index in [-0.39, 0.29) is 41.8 Å². The lowest BCUT2D eigenvalue weighted by Crippen LogP contribution is -2.57. The van der Waals surface area contributed by atoms with Crippen LogP contribution in [0.15, 0.2) is 0 Å². The van der Waals surface area contributed by atoms with Gasteiger partial charge in [0, 0.05) is 44.7 Å². The number of ether oxygens (including phenoxy) is 1. The van der Waals surface area contributed by atoms with Gasteiger partial charge in [0.2, 0.25) is 11.8 Å². The zero-order valence-electron chi connectivity index (χ0n) is 19.3. The van der Waals surface area contributed by atoms with Crippen LogP contribution < -0.4 is 5.32 Å². The minimum atomic E-state index is -0.893. The number of imide groups is 1. The predicted molar refractivity (Wildman–Crippen MR) is 117 cm³/mol. The van der Waals surface area contributed by atoms with Gasteiger partial charge in [-0.1, -0.05) is 13.8 Å². The summed E-state index contributed by atoms with van der Waals surface area (Å²) in [6, 6.07) is -0.522. The second-order valence-electron chi connectivity index (χ2n) is 9.97. The minimum Gasteiger partial charge on any atom is -0.378 e. The molecule has 5 amide bonds. The van der Waals surface area contributed by atoms with Gasteiger partial charge in [0.05, 0.1) is 12.5 Å². The number of urea groups is 1. The minimum absolute atomic E-state index is 0.0215. The maximum Gasteiger partial charge on any atom is 0.325 e. The van der Waals surface area contributed by atoms with Crippen LogP contribution in [0.25, 0.3) is 0 Å². The standard InChI is InChI=1S/C23H36N4O5/c1-16(2)20(29)26-12-8-23(9-13-26)21(30)27(22(31)24-23)17-6-10-25(11-7-17)19(28)15-18-5-3-4-14-32-18/h16-18H,3-15H2,1-2H3,(H,24,31)/t18-/m0/s1. The highest BCUT2D eigenvalue weighted by Crippen LogP contribution is 2.33. The summed E-state index contributed by atoms with van der Waals surface area (Å²) in [6.45, 7) is 6.54. The Balaban J connectivity index is 1.30. The third kappa shape index (κ3) is 4.49. The van der Waals surface area contributed by atoms with Crippen LogP contribution in [0, 0.1) is 5.92 Å². The van der Waals surface area contributed by atoms with Crippen LogP contribution in [0.2, 0.25) is 0 Å². The van der Waals surface area contributed by atoms with Crippen molar-refractivity contribution in [2.75, 3.05) is 32.8 Å². The molecule has 4 heterocycles. The number of amides is 5. The summed E-state index contributed by atoms with van der Waals surface area (Å²) in [5, 5.41) is 2.95. The number of carbonyl (C=O) groups is 4. The molecule has 0 bridgehead atoms. The number of rotatable bonds is 4. The lowest BCUT2D eigenvalue weighted by atomic mass is 9.86. The average Bonchev–Trinajstić information content (AvgIpc) is 3.03. The molecule has 9 heteroatoms. The van der Waals surface area contributed by atoms with Crippen molar-refractivity contribution in [1.29, 1.82) is 0 Å². The van der Waals surface area contributed by atoms with Gasteiger partial charge in [-0.15, -0.1) is 0 Å². The van der Waals surface area contributed by atoms with E-state index < -0.39 is 5.54 Å². The summed E-state index contributed by atoms with van der Waals surface area (Å²) in [5.41, 5.74) is -0.893. The van der Waals surface area contributed by atoms with E-state index in [0.717, 1.165) is 25.9 Å². The lowest BCUT2D eigenvalue weighted by Gasteiger charge is -2.39. The largest absolute Gasteiger partial charge is 0.378 e. The van der Waals surface area contributed by atoms with Gasteiger partial charge in [0.25, 0.3) is 5.91 Å². The second kappa shape index (κ2) is 9.37. The van der Waals surface area contributed by atoms with Crippen LogP contribution in [-0.2, 0) is 19.1 Å². The Kier molecular flexibility index (Phi) is 6.74. The number of nitrogens with zero attached hydrogens (tertiary/aromatic N) is 3. The Hall–Kier alpha value is -2.16. The smallest absolute Gasteiger partial charge is 0.325 e. The van der Waals surface area contributed by atoms with E-state index in [1.165, 1.54) is 4.90 Å². The maximum absolute atomic E-state index is 13.3. The third-order valence-electron chi connectivity index (χ3n) is 7.47. The highest BCUT2D eigenvalue weighted by atomic mass is 16.5. The fraction of sp³-hybridized carbons (Fsp3) is 0.826. The van der Waals surface area contributed by atoms with Crippen molar-refractivity contribution < 1.29 is 23.9 Å². The Labute approximate surface area is 189 Å². The van der Waals surface area contributed by atoms with E-state index >= 15 is 0 Å². The molecule has 0 aromatic carbocycles. The molecule has 4 fully saturated rings. The first-order chi connectivity index (χ1) is 15.3. The Morgan fingerprint density at radius 1 is 1.03 bits per heavy atom. The van der Waals surface area contributed by atoms with Gasteiger partial charge in [-0.3, -0.25) is 19.3 Å². The second-order valence-corrected chi connectivity index (χ2v) is 9.97. The van der Waals surface area contributed by atoms with Gasteiger partial charge < -0.3 is 19.9 Å². The number of piperidine rings is 2. The molecule has 32 heavy (non-hydrogen) atoms. The summed E-state index contributed by atoms with van der Waals surface area (Å²) in [4.78, 5) is 56.1. The van der Waals surface area contributed by atoms with Crippen LogP contribution >= 0.6 is 0 Å². The first-order valence-corrected chi connectivity index (χ1v) is 12.1. The quantitative estimate of drug-likeness (QED) is 0.657. The molecule has 4 rings (SSSR count).